The van der Waals surface area contributed by atoms with Crippen molar-refractivity contribution in [2.24, 2.45) is 0 Å². The molecule has 0 radical (unpaired) electrons. The number of pyridine rings is 1. The molecule has 2 aromatic carbocycles. The van der Waals surface area contributed by atoms with E-state index in [1.165, 1.54) is 23.1 Å². The number of nitrogens with one attached hydrogen (secondary N) is 2. The number of benzene rings is 2. The summed E-state index contributed by atoms with van der Waals surface area (Å²) in [5, 5.41) is 16.2. The van der Waals surface area contributed by atoms with Crippen LogP contribution in [0.5, 0.6) is 0 Å². The van der Waals surface area contributed by atoms with Gasteiger partial charge in [0.05, 0.1) is 34.9 Å². The number of carbonyl (C=O) groups is 1. The molecular weight excluding hydrogens is 485 g/mol. The zero-order valence-electron chi connectivity index (χ0n) is 17.4. The molecule has 5 aromatic rings. The van der Waals surface area contributed by atoms with Gasteiger partial charge in [-0.2, -0.15) is 10.2 Å². The molecule has 2 N–H and O–H groups in total. The minimum Gasteiger partial charge on any atom is -0.346 e. The Bertz CT molecular complexity index is 1550. The lowest BCUT2D eigenvalue weighted by molar-refractivity contribution is 0.0948. The van der Waals surface area contributed by atoms with Gasteiger partial charge in [-0.3, -0.25) is 19.6 Å². The highest BCUT2D eigenvalue weighted by atomic mass is 35.5. The second-order valence-electron chi connectivity index (χ2n) is 7.67. The predicted molar refractivity (Wildman–Crippen MR) is 125 cm³/mol. The molecule has 11 heteroatoms. The van der Waals surface area contributed by atoms with Gasteiger partial charge < -0.3 is 5.32 Å². The first kappa shape index (κ1) is 22.2. The van der Waals surface area contributed by atoms with Crippen molar-refractivity contribution in [3.63, 3.8) is 0 Å². The summed E-state index contributed by atoms with van der Waals surface area (Å²) in [6.07, 6.45) is 2.81. The topological polar surface area (TPSA) is 88.5 Å². The normalized spacial score (nSPS) is 11.4. The van der Waals surface area contributed by atoms with E-state index in [9.17, 15) is 13.6 Å². The lowest BCUT2D eigenvalue weighted by Gasteiger charge is -2.06. The first-order valence-electron chi connectivity index (χ1n) is 10.2. The lowest BCUT2D eigenvalue weighted by atomic mass is 10.1. The first-order valence-corrected chi connectivity index (χ1v) is 10.9. The molecule has 5 rings (SSSR count). The highest BCUT2D eigenvalue weighted by Crippen LogP contribution is 2.23. The molecule has 0 unspecified atom stereocenters. The molecule has 34 heavy (non-hydrogen) atoms. The first-order chi connectivity index (χ1) is 16.4. The smallest absolute Gasteiger partial charge is 0.255 e. The van der Waals surface area contributed by atoms with E-state index < -0.39 is 18.4 Å². The third kappa shape index (κ3) is 4.32. The van der Waals surface area contributed by atoms with Gasteiger partial charge in [0.15, 0.2) is 0 Å². The second-order valence-corrected chi connectivity index (χ2v) is 8.54. The maximum absolute atomic E-state index is 14.5. The van der Waals surface area contributed by atoms with E-state index in [4.69, 9.17) is 23.2 Å². The van der Waals surface area contributed by atoms with Crippen LogP contribution in [0.4, 0.5) is 8.78 Å². The lowest BCUT2D eigenvalue weighted by Crippen LogP contribution is -2.23. The molecule has 0 fully saturated rings. The van der Waals surface area contributed by atoms with Crippen LogP contribution >= 0.6 is 23.2 Å². The minimum absolute atomic E-state index is 0.0130. The van der Waals surface area contributed by atoms with Gasteiger partial charge in [0.25, 0.3) is 5.91 Å². The molecule has 0 atom stereocenters. The van der Waals surface area contributed by atoms with Crippen molar-refractivity contribution in [2.75, 3.05) is 0 Å². The maximum Gasteiger partial charge on any atom is 0.255 e. The zero-order valence-corrected chi connectivity index (χ0v) is 19.0. The summed E-state index contributed by atoms with van der Waals surface area (Å²) in [7, 11) is 0. The summed E-state index contributed by atoms with van der Waals surface area (Å²) in [5.74, 6) is -1.00. The van der Waals surface area contributed by atoms with Gasteiger partial charge in [-0.25, -0.2) is 8.78 Å². The van der Waals surface area contributed by atoms with Gasteiger partial charge in [-0.05, 0) is 42.0 Å². The molecule has 7 nitrogen and oxygen atoms in total. The third-order valence-corrected chi connectivity index (χ3v) is 5.78. The number of halogens is 4. The van der Waals surface area contributed by atoms with Gasteiger partial charge in [0, 0.05) is 28.2 Å². The van der Waals surface area contributed by atoms with E-state index in [0.717, 1.165) is 5.39 Å². The quantitative estimate of drug-likeness (QED) is 0.335. The Morgan fingerprint density at radius 2 is 2.00 bits per heavy atom. The number of alkyl halides is 1. The van der Waals surface area contributed by atoms with Crippen molar-refractivity contribution in [3.8, 4) is 0 Å². The van der Waals surface area contributed by atoms with Crippen LogP contribution in [-0.2, 0) is 19.8 Å². The number of nitrogens with zero attached hydrogens (tertiary/aromatic N) is 4. The number of aromatic nitrogens is 5. The molecule has 0 spiro atoms. The Labute approximate surface area is 201 Å². The van der Waals surface area contributed by atoms with Gasteiger partial charge in [0.1, 0.15) is 23.7 Å². The fourth-order valence-electron chi connectivity index (χ4n) is 3.78. The van der Waals surface area contributed by atoms with Crippen molar-refractivity contribution in [3.05, 3.63) is 87.2 Å². The van der Waals surface area contributed by atoms with Crippen molar-refractivity contribution in [1.29, 1.82) is 0 Å². The number of H-pyrrole nitrogens is 1. The van der Waals surface area contributed by atoms with Crippen molar-refractivity contribution in [2.45, 2.75) is 19.8 Å². The zero-order chi connectivity index (χ0) is 23.8. The van der Waals surface area contributed by atoms with E-state index >= 15 is 0 Å². The van der Waals surface area contributed by atoms with Crippen molar-refractivity contribution < 1.29 is 13.6 Å². The molecule has 1 amide bonds. The summed E-state index contributed by atoms with van der Waals surface area (Å²) in [5.41, 5.74) is 2.22. The van der Waals surface area contributed by atoms with Gasteiger partial charge in [-0.1, -0.05) is 23.2 Å². The van der Waals surface area contributed by atoms with Gasteiger partial charge >= 0.3 is 0 Å². The van der Waals surface area contributed by atoms with E-state index in [1.54, 1.807) is 30.3 Å². The number of carbonyl (C=O) groups excluding carboxylic acids is 1. The van der Waals surface area contributed by atoms with Gasteiger partial charge in [-0.15, -0.1) is 0 Å². The van der Waals surface area contributed by atoms with Crippen LogP contribution in [0.15, 0.2) is 48.8 Å². The monoisotopic (exact) mass is 500 g/mol. The molecule has 0 aliphatic rings. The predicted octanol–water partition coefficient (Wildman–Crippen LogP) is 5.20. The molecule has 0 aliphatic heterocycles. The highest BCUT2D eigenvalue weighted by molar-refractivity contribution is 6.31. The number of hydrogen-bond acceptors (Lipinski definition) is 4. The van der Waals surface area contributed by atoms with Crippen LogP contribution in [-0.4, -0.2) is 30.9 Å². The van der Waals surface area contributed by atoms with Crippen molar-refractivity contribution in [1.82, 2.24) is 30.3 Å². The Balaban J connectivity index is 1.36. The largest absolute Gasteiger partial charge is 0.346 e. The minimum atomic E-state index is -0.927. The molecule has 3 aromatic heterocycles. The fraction of sp³-hybridized carbons (Fsp3) is 0.130. The molecule has 0 saturated carbocycles. The average Bonchev–Trinajstić information content (AvgIpc) is 3.40. The SMILES string of the molecule is O=C(NCc1[nH]nc2ccc(Cl)cc12)c1cn(Cc2cc(F)c3ncc(Cl)cc3c2)nc1CF. The maximum atomic E-state index is 14.5. The summed E-state index contributed by atoms with van der Waals surface area (Å²) in [4.78, 5) is 16.8. The van der Waals surface area contributed by atoms with E-state index in [2.05, 4.69) is 25.6 Å². The number of hydrogen-bond donors (Lipinski definition) is 2. The summed E-state index contributed by atoms with van der Waals surface area (Å²) >= 11 is 12.0. The van der Waals surface area contributed by atoms with E-state index in [-0.39, 0.29) is 29.9 Å². The average molecular weight is 501 g/mol. The molecule has 172 valence electrons. The number of aromatic amines is 1. The fourth-order valence-corrected chi connectivity index (χ4v) is 4.12. The molecule has 0 saturated heterocycles. The van der Waals surface area contributed by atoms with Crippen LogP contribution in [0.1, 0.15) is 27.3 Å². The third-order valence-electron chi connectivity index (χ3n) is 5.34. The number of rotatable bonds is 6. The van der Waals surface area contributed by atoms with E-state index in [0.29, 0.717) is 32.2 Å². The summed E-state index contributed by atoms with van der Waals surface area (Å²) in [6, 6.07) is 9.90. The second kappa shape index (κ2) is 9.00. The van der Waals surface area contributed by atoms with Gasteiger partial charge in [0.2, 0.25) is 0 Å². The molecule has 0 bridgehead atoms. The van der Waals surface area contributed by atoms with Crippen LogP contribution in [0, 0.1) is 5.82 Å². The van der Waals surface area contributed by atoms with Crippen molar-refractivity contribution >= 4 is 50.9 Å². The standard InChI is InChI=1S/C23H16Cl2F2N6O/c24-14-1-2-19-16(6-14)21(31-30-19)9-29-23(34)17-11-33(32-20(17)7-26)10-12-3-13-5-15(25)8-28-22(13)18(27)4-12/h1-6,8,11H,7,9-10H2,(H,29,34)(H,30,31). The van der Waals surface area contributed by atoms with Crippen LogP contribution in [0.25, 0.3) is 21.8 Å². The number of amides is 1. The number of fused-ring (bicyclic) bond motifs is 2. The van der Waals surface area contributed by atoms with Crippen LogP contribution in [0.2, 0.25) is 10.0 Å². The molecule has 0 aliphatic carbocycles. The van der Waals surface area contributed by atoms with Crippen LogP contribution < -0.4 is 5.32 Å². The Hall–Kier alpha value is -3.56. The Kier molecular flexibility index (Phi) is 5.89. The van der Waals surface area contributed by atoms with Crippen LogP contribution in [0.3, 0.4) is 0 Å². The van der Waals surface area contributed by atoms with E-state index in [1.807, 2.05) is 0 Å². The molecular formula is C23H16Cl2F2N6O. The Morgan fingerprint density at radius 3 is 2.82 bits per heavy atom. The molecule has 3 heterocycles. The summed E-state index contributed by atoms with van der Waals surface area (Å²) < 4.78 is 29.5. The summed E-state index contributed by atoms with van der Waals surface area (Å²) in [6.45, 7) is -0.663. The highest BCUT2D eigenvalue weighted by Gasteiger charge is 2.18. The Morgan fingerprint density at radius 1 is 1.15 bits per heavy atom.